The Morgan fingerprint density at radius 3 is 1.89 bits per heavy atom. The van der Waals surface area contributed by atoms with Crippen molar-refractivity contribution in [3.63, 3.8) is 0 Å². The Bertz CT molecular complexity index is 95.0. The highest BCUT2D eigenvalue weighted by Crippen LogP contribution is 1.88. The van der Waals surface area contributed by atoms with E-state index in [2.05, 4.69) is 0 Å². The quantitative estimate of drug-likeness (QED) is 0.726. The van der Waals surface area contributed by atoms with E-state index in [0.29, 0.717) is 0 Å². The van der Waals surface area contributed by atoms with Crippen LogP contribution in [0, 0.1) is 0 Å². The van der Waals surface area contributed by atoms with E-state index < -0.39 is 5.97 Å². The minimum atomic E-state index is -0.782. The van der Waals surface area contributed by atoms with Crippen LogP contribution < -0.4 is 0 Å². The smallest absolute Gasteiger partial charge is 0.320 e. The number of carboxylic acid groups (broad SMARTS) is 1. The van der Waals surface area contributed by atoms with Gasteiger partial charge in [-0.15, -0.1) is 24.0 Å². The number of halogens is 1. The predicted octanol–water partition coefficient (Wildman–Crippen LogP) is 0.639. The van der Waals surface area contributed by atoms with Crippen LogP contribution >= 0.6 is 24.0 Å². The van der Waals surface area contributed by atoms with Crippen molar-refractivity contribution in [1.29, 1.82) is 0 Å². The van der Waals surface area contributed by atoms with E-state index in [1.165, 1.54) is 0 Å². The van der Waals surface area contributed by atoms with E-state index in [4.69, 9.17) is 5.11 Å². The van der Waals surface area contributed by atoms with Crippen LogP contribution in [0.2, 0.25) is 0 Å². The molecule has 0 aromatic heterocycles. The highest BCUT2D eigenvalue weighted by molar-refractivity contribution is 14.0. The van der Waals surface area contributed by atoms with Crippen molar-refractivity contribution in [2.45, 2.75) is 13.0 Å². The summed E-state index contributed by atoms with van der Waals surface area (Å²) in [5, 5.41) is 8.31. The first-order valence-corrected chi connectivity index (χ1v) is 2.45. The fourth-order valence-corrected chi connectivity index (χ4v) is 0.221. The highest BCUT2D eigenvalue weighted by Gasteiger charge is 2.11. The SMILES string of the molecule is C[C@@H](C(=O)O)N(C)C.I. The maximum absolute atomic E-state index is 10.1. The Morgan fingerprint density at radius 1 is 1.56 bits per heavy atom. The monoisotopic (exact) mass is 245 g/mol. The lowest BCUT2D eigenvalue weighted by atomic mass is 10.3. The minimum Gasteiger partial charge on any atom is -0.480 e. The number of hydrogen-bond donors (Lipinski definition) is 1. The lowest BCUT2D eigenvalue weighted by molar-refractivity contribution is -0.141. The second-order valence-electron chi connectivity index (χ2n) is 1.98. The fraction of sp³-hybridized carbons (Fsp3) is 0.800. The zero-order valence-electron chi connectivity index (χ0n) is 5.79. The topological polar surface area (TPSA) is 40.5 Å². The van der Waals surface area contributed by atoms with Gasteiger partial charge in [-0.1, -0.05) is 0 Å². The number of hydrogen-bond acceptors (Lipinski definition) is 2. The molecule has 0 saturated heterocycles. The molecule has 0 rings (SSSR count). The molecule has 1 atom stereocenters. The number of rotatable bonds is 2. The number of aliphatic carboxylic acids is 1. The van der Waals surface area contributed by atoms with Gasteiger partial charge in [-0.05, 0) is 21.0 Å². The standard InChI is InChI=1S/C5H11NO2.HI/c1-4(5(7)8)6(2)3;/h4H,1-3H3,(H,7,8);1H/t4-;/m0./s1. The fourth-order valence-electron chi connectivity index (χ4n) is 0.221. The zero-order valence-corrected chi connectivity index (χ0v) is 8.12. The molecule has 0 fully saturated rings. The molecule has 0 aliphatic carbocycles. The number of nitrogens with zero attached hydrogens (tertiary/aromatic N) is 1. The molecule has 0 amide bonds. The van der Waals surface area contributed by atoms with Gasteiger partial charge in [0, 0.05) is 0 Å². The van der Waals surface area contributed by atoms with Crippen LogP contribution in [-0.2, 0) is 4.79 Å². The summed E-state index contributed by atoms with van der Waals surface area (Å²) in [5.74, 6) is -0.782. The van der Waals surface area contributed by atoms with Gasteiger partial charge >= 0.3 is 5.97 Å². The average Bonchev–Trinajstić information content (AvgIpc) is 1.64. The maximum atomic E-state index is 10.1. The molecular weight excluding hydrogens is 233 g/mol. The summed E-state index contributed by atoms with van der Waals surface area (Å²) in [6.07, 6.45) is 0. The van der Waals surface area contributed by atoms with Gasteiger partial charge in [-0.2, -0.15) is 0 Å². The molecule has 4 heteroatoms. The van der Waals surface area contributed by atoms with Crippen molar-refractivity contribution in [2.75, 3.05) is 14.1 Å². The molecule has 0 aliphatic rings. The van der Waals surface area contributed by atoms with Crippen molar-refractivity contribution in [2.24, 2.45) is 0 Å². The molecule has 56 valence electrons. The predicted molar refractivity (Wildman–Crippen MR) is 46.2 cm³/mol. The Morgan fingerprint density at radius 2 is 1.89 bits per heavy atom. The van der Waals surface area contributed by atoms with Gasteiger partial charge in [0.25, 0.3) is 0 Å². The largest absolute Gasteiger partial charge is 0.480 e. The van der Waals surface area contributed by atoms with Crippen LogP contribution in [0.1, 0.15) is 6.92 Å². The molecule has 0 saturated carbocycles. The van der Waals surface area contributed by atoms with Crippen LogP contribution in [0.3, 0.4) is 0 Å². The van der Waals surface area contributed by atoms with E-state index in [1.807, 2.05) is 0 Å². The normalized spacial score (nSPS) is 12.4. The Hall–Kier alpha value is 0.160. The third-order valence-electron chi connectivity index (χ3n) is 1.13. The third-order valence-corrected chi connectivity index (χ3v) is 1.13. The van der Waals surface area contributed by atoms with Crippen molar-refractivity contribution in [3.8, 4) is 0 Å². The van der Waals surface area contributed by atoms with E-state index in [-0.39, 0.29) is 30.0 Å². The van der Waals surface area contributed by atoms with E-state index in [9.17, 15) is 4.79 Å². The summed E-state index contributed by atoms with van der Waals surface area (Å²) < 4.78 is 0. The molecule has 1 N–H and O–H groups in total. The van der Waals surface area contributed by atoms with E-state index in [0.717, 1.165) is 0 Å². The maximum Gasteiger partial charge on any atom is 0.320 e. The average molecular weight is 245 g/mol. The second-order valence-corrected chi connectivity index (χ2v) is 1.98. The lowest BCUT2D eigenvalue weighted by Gasteiger charge is -2.13. The first-order valence-electron chi connectivity index (χ1n) is 2.45. The molecule has 9 heavy (non-hydrogen) atoms. The Labute approximate surface area is 72.1 Å². The third kappa shape index (κ3) is 4.65. The van der Waals surface area contributed by atoms with Crippen molar-refractivity contribution >= 4 is 29.9 Å². The molecule has 0 heterocycles. The van der Waals surface area contributed by atoms with Gasteiger partial charge in [0.15, 0.2) is 0 Å². The van der Waals surface area contributed by atoms with Gasteiger partial charge in [0.1, 0.15) is 6.04 Å². The number of likely N-dealkylation sites (N-methyl/N-ethyl adjacent to an activating group) is 1. The summed E-state index contributed by atoms with van der Waals surface area (Å²) in [4.78, 5) is 11.7. The van der Waals surface area contributed by atoms with Crippen LogP contribution in [0.15, 0.2) is 0 Å². The molecule has 0 spiro atoms. The van der Waals surface area contributed by atoms with Gasteiger partial charge in [0.2, 0.25) is 0 Å². The van der Waals surface area contributed by atoms with Crippen LogP contribution in [-0.4, -0.2) is 36.1 Å². The minimum absolute atomic E-state index is 0. The van der Waals surface area contributed by atoms with Gasteiger partial charge in [0.05, 0.1) is 0 Å². The second kappa shape index (κ2) is 4.99. The summed E-state index contributed by atoms with van der Waals surface area (Å²) in [5.41, 5.74) is 0. The van der Waals surface area contributed by atoms with Crippen LogP contribution in [0.4, 0.5) is 0 Å². The highest BCUT2D eigenvalue weighted by atomic mass is 127. The van der Waals surface area contributed by atoms with Crippen LogP contribution in [0.5, 0.6) is 0 Å². The van der Waals surface area contributed by atoms with Gasteiger partial charge in [-0.3, -0.25) is 9.69 Å². The zero-order chi connectivity index (χ0) is 6.73. The summed E-state index contributed by atoms with van der Waals surface area (Å²) >= 11 is 0. The molecule has 0 aliphatic heterocycles. The molecule has 0 aromatic rings. The Kier molecular flexibility index (Phi) is 6.59. The van der Waals surface area contributed by atoms with Crippen molar-refractivity contribution in [3.05, 3.63) is 0 Å². The van der Waals surface area contributed by atoms with E-state index >= 15 is 0 Å². The van der Waals surface area contributed by atoms with Gasteiger partial charge in [-0.25, -0.2) is 0 Å². The van der Waals surface area contributed by atoms with Crippen LogP contribution in [0.25, 0.3) is 0 Å². The number of carbonyl (C=O) groups is 1. The molecule has 0 radical (unpaired) electrons. The Balaban J connectivity index is 0. The van der Waals surface area contributed by atoms with Crippen molar-refractivity contribution < 1.29 is 9.90 Å². The number of carboxylic acids is 1. The first kappa shape index (κ1) is 11.9. The van der Waals surface area contributed by atoms with E-state index in [1.54, 1.807) is 25.9 Å². The molecule has 0 aromatic carbocycles. The summed E-state index contributed by atoms with van der Waals surface area (Å²) in [7, 11) is 3.47. The molecule has 0 unspecified atom stereocenters. The van der Waals surface area contributed by atoms with Crippen molar-refractivity contribution in [1.82, 2.24) is 4.90 Å². The summed E-state index contributed by atoms with van der Waals surface area (Å²) in [6.45, 7) is 1.64. The molecular formula is C5H12INO2. The molecule has 0 bridgehead atoms. The first-order chi connectivity index (χ1) is 3.55. The summed E-state index contributed by atoms with van der Waals surface area (Å²) in [6, 6.07) is -0.380. The van der Waals surface area contributed by atoms with Gasteiger partial charge < -0.3 is 5.11 Å². The lowest BCUT2D eigenvalue weighted by Crippen LogP contribution is -2.32. The molecule has 3 nitrogen and oxygen atoms in total.